The number of amides is 2. The summed E-state index contributed by atoms with van der Waals surface area (Å²) in [7, 11) is -2.55. The highest BCUT2D eigenvalue weighted by Gasteiger charge is 2.29. The summed E-state index contributed by atoms with van der Waals surface area (Å²) in [5.74, 6) is 0.700. The van der Waals surface area contributed by atoms with Crippen molar-refractivity contribution in [2.75, 3.05) is 32.1 Å². The second-order valence-corrected chi connectivity index (χ2v) is 10.2. The number of benzene rings is 2. The number of rotatable bonds is 12. The second-order valence-electron chi connectivity index (χ2n) is 8.28. The van der Waals surface area contributed by atoms with E-state index in [1.165, 1.54) is 38.3 Å². The molecule has 2 aromatic carbocycles. The van der Waals surface area contributed by atoms with Gasteiger partial charge in [-0.25, -0.2) is 8.42 Å². The first-order valence-electron chi connectivity index (χ1n) is 11.4. The molecule has 0 radical (unpaired) electrons. The number of nitrogens with zero attached hydrogens (tertiary/aromatic N) is 2. The summed E-state index contributed by atoms with van der Waals surface area (Å²) in [6, 6.07) is 18.9. The molecule has 2 amide bonds. The first kappa shape index (κ1) is 27.1. The molecule has 3 aromatic rings. The van der Waals surface area contributed by atoms with Gasteiger partial charge in [-0.2, -0.15) is 4.31 Å². The summed E-state index contributed by atoms with van der Waals surface area (Å²) in [4.78, 5) is 26.3. The molecule has 9 nitrogen and oxygen atoms in total. The topological polar surface area (TPSA) is 109 Å². The molecule has 10 heteroatoms. The number of ether oxygens (including phenoxy) is 1. The molecule has 0 unspecified atom stereocenters. The summed E-state index contributed by atoms with van der Waals surface area (Å²) in [5.41, 5.74) is 1.39. The molecule has 0 spiro atoms. The van der Waals surface area contributed by atoms with Crippen LogP contribution < -0.4 is 5.32 Å². The van der Waals surface area contributed by atoms with Crippen LogP contribution >= 0.6 is 0 Å². The Hall–Kier alpha value is -3.47. The molecule has 1 aromatic heterocycles. The lowest BCUT2D eigenvalue weighted by atomic mass is 10.2. The molecular formula is C26H31N3O6S. The van der Waals surface area contributed by atoms with Crippen LogP contribution in [0, 0.1) is 6.92 Å². The van der Waals surface area contributed by atoms with E-state index in [4.69, 9.17) is 9.15 Å². The van der Waals surface area contributed by atoms with Crippen LogP contribution in [0.5, 0.6) is 0 Å². The Morgan fingerprint density at radius 1 is 0.972 bits per heavy atom. The fraction of sp³-hybridized carbons (Fsp3) is 0.308. The van der Waals surface area contributed by atoms with E-state index in [1.807, 2.05) is 43.3 Å². The predicted molar refractivity (Wildman–Crippen MR) is 136 cm³/mol. The minimum absolute atomic E-state index is 0.00292. The highest BCUT2D eigenvalue weighted by atomic mass is 32.2. The maximum atomic E-state index is 13.5. The smallest absolute Gasteiger partial charge is 0.243 e. The Morgan fingerprint density at radius 2 is 1.67 bits per heavy atom. The summed E-state index contributed by atoms with van der Waals surface area (Å²) in [6.45, 7) is 3.43. The largest absolute Gasteiger partial charge is 0.464 e. The molecule has 3 rings (SSSR count). The molecule has 36 heavy (non-hydrogen) atoms. The van der Waals surface area contributed by atoms with Crippen molar-refractivity contribution in [3.63, 3.8) is 0 Å². The lowest BCUT2D eigenvalue weighted by molar-refractivity contribution is -0.133. The van der Waals surface area contributed by atoms with Crippen LogP contribution in [0.3, 0.4) is 0 Å². The van der Waals surface area contributed by atoms with Crippen molar-refractivity contribution < 1.29 is 27.2 Å². The number of carbonyl (C=O) groups excluding carboxylic acids is 2. The highest BCUT2D eigenvalue weighted by Crippen LogP contribution is 2.20. The number of hydrogen-bond donors (Lipinski definition) is 1. The van der Waals surface area contributed by atoms with E-state index in [1.54, 1.807) is 11.0 Å². The third kappa shape index (κ3) is 7.51. The van der Waals surface area contributed by atoms with Gasteiger partial charge in [-0.1, -0.05) is 30.3 Å². The Bertz CT molecular complexity index is 1260. The number of aryl methyl sites for hydroxylation is 1. The van der Waals surface area contributed by atoms with Gasteiger partial charge in [0.25, 0.3) is 0 Å². The van der Waals surface area contributed by atoms with Gasteiger partial charge in [0.05, 0.1) is 24.6 Å². The van der Waals surface area contributed by atoms with Gasteiger partial charge < -0.3 is 19.4 Å². The van der Waals surface area contributed by atoms with E-state index in [0.717, 1.165) is 15.6 Å². The Kier molecular flexibility index (Phi) is 9.40. The van der Waals surface area contributed by atoms with Crippen LogP contribution in [-0.2, 0) is 37.4 Å². The van der Waals surface area contributed by atoms with Crippen LogP contribution in [0.25, 0.3) is 0 Å². The van der Waals surface area contributed by atoms with Crippen molar-refractivity contribution in [1.82, 2.24) is 9.21 Å². The quantitative estimate of drug-likeness (QED) is 0.398. The summed E-state index contributed by atoms with van der Waals surface area (Å²) in [5, 5.41) is 2.61. The zero-order chi connectivity index (χ0) is 26.1. The van der Waals surface area contributed by atoms with E-state index in [9.17, 15) is 18.0 Å². The van der Waals surface area contributed by atoms with Crippen LogP contribution in [-0.4, -0.2) is 56.2 Å². The van der Waals surface area contributed by atoms with Crippen LogP contribution in [0.4, 0.5) is 5.69 Å². The van der Waals surface area contributed by atoms with Crippen molar-refractivity contribution in [3.05, 3.63) is 83.8 Å². The Labute approximate surface area is 211 Å². The zero-order valence-corrected chi connectivity index (χ0v) is 21.5. The number of hydrogen-bond acceptors (Lipinski definition) is 6. The van der Waals surface area contributed by atoms with Crippen molar-refractivity contribution >= 4 is 27.5 Å². The molecule has 0 saturated heterocycles. The lowest BCUT2D eigenvalue weighted by Crippen LogP contribution is -2.43. The third-order valence-electron chi connectivity index (χ3n) is 5.38. The van der Waals surface area contributed by atoms with Gasteiger partial charge in [0.1, 0.15) is 11.5 Å². The van der Waals surface area contributed by atoms with Crippen molar-refractivity contribution in [1.29, 1.82) is 0 Å². The van der Waals surface area contributed by atoms with Crippen molar-refractivity contribution in [2.24, 2.45) is 0 Å². The Balaban J connectivity index is 1.84. The van der Waals surface area contributed by atoms with Crippen LogP contribution in [0.15, 0.2) is 76.0 Å². The van der Waals surface area contributed by atoms with Gasteiger partial charge >= 0.3 is 0 Å². The Morgan fingerprint density at radius 3 is 2.25 bits per heavy atom. The van der Waals surface area contributed by atoms with E-state index in [-0.39, 0.29) is 43.0 Å². The van der Waals surface area contributed by atoms with Crippen LogP contribution in [0.2, 0.25) is 0 Å². The van der Waals surface area contributed by atoms with Crippen LogP contribution in [0.1, 0.15) is 24.0 Å². The van der Waals surface area contributed by atoms with E-state index < -0.39 is 10.0 Å². The van der Waals surface area contributed by atoms with Gasteiger partial charge in [0.15, 0.2) is 0 Å². The molecule has 0 bridgehead atoms. The molecule has 1 N–H and O–H groups in total. The maximum absolute atomic E-state index is 13.5. The number of nitrogens with one attached hydrogen (secondary N) is 1. The van der Waals surface area contributed by atoms with E-state index in [2.05, 4.69) is 5.32 Å². The second kappa shape index (κ2) is 12.5. The number of sulfonamides is 1. The molecule has 0 aliphatic heterocycles. The fourth-order valence-electron chi connectivity index (χ4n) is 3.59. The van der Waals surface area contributed by atoms with Gasteiger partial charge in [-0.05, 0) is 48.9 Å². The number of furan rings is 1. The third-order valence-corrected chi connectivity index (χ3v) is 7.24. The minimum atomic E-state index is -4.02. The van der Waals surface area contributed by atoms with E-state index in [0.29, 0.717) is 18.0 Å². The fourth-order valence-corrected chi connectivity index (χ4v) is 4.96. The highest BCUT2D eigenvalue weighted by molar-refractivity contribution is 7.89. The molecule has 0 atom stereocenters. The maximum Gasteiger partial charge on any atom is 0.243 e. The molecule has 0 aliphatic carbocycles. The first-order valence-corrected chi connectivity index (χ1v) is 12.9. The normalized spacial score (nSPS) is 11.4. The molecule has 1 heterocycles. The van der Waals surface area contributed by atoms with Gasteiger partial charge in [-0.3, -0.25) is 9.59 Å². The van der Waals surface area contributed by atoms with E-state index >= 15 is 0 Å². The SMILES string of the molecule is COCCN(CC(=O)N(Cc1ccccc1)Cc1ccc(C)o1)S(=O)(=O)c1ccc(NC(C)=O)cc1. The number of methoxy groups -OCH3 is 1. The molecule has 192 valence electrons. The zero-order valence-electron chi connectivity index (χ0n) is 20.6. The molecular weight excluding hydrogens is 482 g/mol. The van der Waals surface area contributed by atoms with Gasteiger partial charge in [-0.15, -0.1) is 0 Å². The standard InChI is InChI=1S/C26H31N3O6S/c1-20-9-12-24(35-20)18-28(17-22-7-5-4-6-8-22)26(31)19-29(15-16-34-3)36(32,33)25-13-10-23(11-14-25)27-21(2)30/h4-14H,15-19H2,1-3H3,(H,27,30). The minimum Gasteiger partial charge on any atom is -0.464 e. The summed E-state index contributed by atoms with van der Waals surface area (Å²) in [6.07, 6.45) is 0. The predicted octanol–water partition coefficient (Wildman–Crippen LogP) is 3.41. The average Bonchev–Trinajstić information content (AvgIpc) is 3.26. The number of carbonyl (C=O) groups is 2. The molecule has 0 saturated carbocycles. The molecule has 0 fully saturated rings. The average molecular weight is 514 g/mol. The lowest BCUT2D eigenvalue weighted by Gasteiger charge is -2.27. The first-order chi connectivity index (χ1) is 17.2. The van der Waals surface area contributed by atoms with Crippen molar-refractivity contribution in [3.8, 4) is 0 Å². The summed E-state index contributed by atoms with van der Waals surface area (Å²) >= 11 is 0. The monoisotopic (exact) mass is 513 g/mol. The van der Waals surface area contributed by atoms with Gasteiger partial charge in [0.2, 0.25) is 21.8 Å². The number of anilines is 1. The molecule has 0 aliphatic rings. The van der Waals surface area contributed by atoms with Crippen molar-refractivity contribution in [2.45, 2.75) is 31.8 Å². The summed E-state index contributed by atoms with van der Waals surface area (Å²) < 4.78 is 38.8. The van der Waals surface area contributed by atoms with Gasteiger partial charge in [0, 0.05) is 32.8 Å².